The van der Waals surface area contributed by atoms with E-state index >= 15 is 0 Å². The molecule has 7 heteroatoms. The maximum atomic E-state index is 12.3. The van der Waals surface area contributed by atoms with Crippen LogP contribution in [-0.4, -0.2) is 25.5 Å². The molecule has 1 aromatic carbocycles. The predicted molar refractivity (Wildman–Crippen MR) is 96.2 cm³/mol. The summed E-state index contributed by atoms with van der Waals surface area (Å²) in [7, 11) is 1.52. The Hall–Kier alpha value is -2.83. The molecule has 7 nitrogen and oxygen atoms in total. The van der Waals surface area contributed by atoms with Gasteiger partial charge in [-0.15, -0.1) is 0 Å². The zero-order chi connectivity index (χ0) is 19.4. The lowest BCUT2D eigenvalue weighted by molar-refractivity contribution is -0.312. The second-order valence-electron chi connectivity index (χ2n) is 6.97. The Balaban J connectivity index is 1.61. The number of ether oxygens (including phenoxy) is 1. The van der Waals surface area contributed by atoms with E-state index in [1.54, 1.807) is 18.2 Å². The second kappa shape index (κ2) is 8.24. The summed E-state index contributed by atoms with van der Waals surface area (Å²) in [6.45, 7) is 0.506. The number of methoxy groups -OCH3 is 1. The van der Waals surface area contributed by atoms with Crippen molar-refractivity contribution in [2.24, 2.45) is 11.8 Å². The number of carbonyl (C=O) groups is 2. The minimum atomic E-state index is -0.982. The molecule has 1 saturated carbocycles. The molecule has 0 aliphatic heterocycles. The fourth-order valence-corrected chi connectivity index (χ4v) is 3.58. The first-order valence-electron chi connectivity index (χ1n) is 9.04. The lowest BCUT2D eigenvalue weighted by atomic mass is 9.82. The number of carbonyl (C=O) groups excluding carboxylic acids is 2. The summed E-state index contributed by atoms with van der Waals surface area (Å²) in [4.78, 5) is 35.0. The number of rotatable bonds is 6. The molecule has 1 amide bonds. The quantitative estimate of drug-likeness (QED) is 0.758. The van der Waals surface area contributed by atoms with Gasteiger partial charge in [0.2, 0.25) is 5.91 Å². The molecule has 1 N–H and O–H groups in total. The van der Waals surface area contributed by atoms with Crippen LogP contribution in [0.4, 0.5) is 0 Å². The Morgan fingerprint density at radius 1 is 1.22 bits per heavy atom. The summed E-state index contributed by atoms with van der Waals surface area (Å²) >= 11 is 0. The molecule has 1 aliphatic carbocycles. The van der Waals surface area contributed by atoms with Crippen molar-refractivity contribution < 1.29 is 23.8 Å². The van der Waals surface area contributed by atoms with E-state index in [9.17, 15) is 19.5 Å². The fraction of sp³-hybridized carbons (Fsp3) is 0.450. The largest absolute Gasteiger partial charge is 0.550 e. The minimum absolute atomic E-state index is 0.0722. The lowest BCUT2D eigenvalue weighted by Gasteiger charge is -2.29. The first-order valence-corrected chi connectivity index (χ1v) is 9.04. The van der Waals surface area contributed by atoms with Crippen LogP contribution >= 0.6 is 0 Å². The Kier molecular flexibility index (Phi) is 5.78. The second-order valence-corrected chi connectivity index (χ2v) is 6.97. The number of amides is 1. The van der Waals surface area contributed by atoms with Crippen molar-refractivity contribution in [2.75, 3.05) is 13.7 Å². The predicted octanol–water partition coefficient (Wildman–Crippen LogP) is 1.02. The third-order valence-electron chi connectivity index (χ3n) is 5.16. The van der Waals surface area contributed by atoms with E-state index in [1.807, 2.05) is 0 Å². The maximum Gasteiger partial charge on any atom is 0.336 e. The first kappa shape index (κ1) is 18.9. The maximum absolute atomic E-state index is 12.3. The molecule has 1 heterocycles. The van der Waals surface area contributed by atoms with Crippen molar-refractivity contribution in [3.63, 3.8) is 0 Å². The Morgan fingerprint density at radius 2 is 1.96 bits per heavy atom. The van der Waals surface area contributed by atoms with Gasteiger partial charge < -0.3 is 24.4 Å². The van der Waals surface area contributed by atoms with Gasteiger partial charge in [0.15, 0.2) is 0 Å². The molecular weight excluding hydrogens is 350 g/mol. The lowest BCUT2D eigenvalue weighted by Crippen LogP contribution is -2.37. The topological polar surface area (TPSA) is 109 Å². The number of nitrogens with one attached hydrogen (secondary N) is 1. The van der Waals surface area contributed by atoms with E-state index in [-0.39, 0.29) is 24.2 Å². The molecule has 3 rings (SSSR count). The molecule has 0 unspecified atom stereocenters. The Labute approximate surface area is 156 Å². The summed E-state index contributed by atoms with van der Waals surface area (Å²) < 4.78 is 10.3. The number of carboxylic acids is 1. The normalized spacial score (nSPS) is 19.6. The van der Waals surface area contributed by atoms with Gasteiger partial charge in [0.25, 0.3) is 0 Å². The molecule has 0 radical (unpaired) electrons. The van der Waals surface area contributed by atoms with Crippen LogP contribution in [0.25, 0.3) is 11.0 Å². The summed E-state index contributed by atoms with van der Waals surface area (Å²) in [6.07, 6.45) is 2.78. The number of aliphatic carboxylic acids is 1. The highest BCUT2D eigenvalue weighted by Gasteiger charge is 2.22. The zero-order valence-electron chi connectivity index (χ0n) is 15.2. The van der Waals surface area contributed by atoms with E-state index in [0.717, 1.165) is 12.8 Å². The highest BCUT2D eigenvalue weighted by atomic mass is 16.5. The van der Waals surface area contributed by atoms with Crippen LogP contribution in [0.1, 0.15) is 31.2 Å². The van der Waals surface area contributed by atoms with Crippen LogP contribution < -0.4 is 20.8 Å². The average molecular weight is 372 g/mol. The molecule has 2 aromatic rings. The van der Waals surface area contributed by atoms with Gasteiger partial charge in [-0.3, -0.25) is 4.79 Å². The van der Waals surface area contributed by atoms with E-state index in [4.69, 9.17) is 9.15 Å². The monoisotopic (exact) mass is 372 g/mol. The van der Waals surface area contributed by atoms with Gasteiger partial charge in [0, 0.05) is 30.0 Å². The molecule has 1 aliphatic rings. The number of fused-ring (bicyclic) bond motifs is 1. The van der Waals surface area contributed by atoms with Gasteiger partial charge >= 0.3 is 5.63 Å². The van der Waals surface area contributed by atoms with Crippen LogP contribution in [0.5, 0.6) is 5.75 Å². The standard InChI is InChI=1S/C20H23NO6/c1-26-15-6-7-16-14(9-19(23)27-17(16)10-15)8-18(22)21-11-12-2-4-13(5-3-12)20(24)25/h6-7,9-10,12-13H,2-5,8,11H2,1H3,(H,21,22)(H,24,25)/p-1. The van der Waals surface area contributed by atoms with Crippen LogP contribution in [0.3, 0.4) is 0 Å². The summed E-state index contributed by atoms with van der Waals surface area (Å²) in [5.74, 6) is -0.696. The molecule has 1 aromatic heterocycles. The van der Waals surface area contributed by atoms with Gasteiger partial charge in [0.1, 0.15) is 11.3 Å². The summed E-state index contributed by atoms with van der Waals surface area (Å²) in [6, 6.07) is 6.47. The fourth-order valence-electron chi connectivity index (χ4n) is 3.58. The smallest absolute Gasteiger partial charge is 0.336 e. The molecule has 0 spiro atoms. The molecular formula is C20H22NO6-. The van der Waals surface area contributed by atoms with E-state index in [1.165, 1.54) is 13.2 Å². The van der Waals surface area contributed by atoms with Gasteiger partial charge in [0.05, 0.1) is 13.5 Å². The van der Waals surface area contributed by atoms with Crippen molar-refractivity contribution in [1.29, 1.82) is 0 Å². The van der Waals surface area contributed by atoms with Crippen molar-refractivity contribution in [1.82, 2.24) is 5.32 Å². The van der Waals surface area contributed by atoms with Gasteiger partial charge in [-0.2, -0.15) is 0 Å². The van der Waals surface area contributed by atoms with Crippen molar-refractivity contribution in [3.05, 3.63) is 40.2 Å². The van der Waals surface area contributed by atoms with Crippen LogP contribution in [0, 0.1) is 11.8 Å². The Bertz CT molecular complexity index is 895. The zero-order valence-corrected chi connectivity index (χ0v) is 15.2. The van der Waals surface area contributed by atoms with Gasteiger partial charge in [-0.05, 0) is 55.2 Å². The summed E-state index contributed by atoms with van der Waals surface area (Å²) in [5, 5.41) is 14.5. The third-order valence-corrected chi connectivity index (χ3v) is 5.16. The number of carboxylic acid groups (broad SMARTS) is 1. The molecule has 0 bridgehead atoms. The van der Waals surface area contributed by atoms with Crippen molar-refractivity contribution in [2.45, 2.75) is 32.1 Å². The third kappa shape index (κ3) is 4.67. The number of benzene rings is 1. The molecule has 144 valence electrons. The van der Waals surface area contributed by atoms with Gasteiger partial charge in [-0.25, -0.2) is 4.79 Å². The highest BCUT2D eigenvalue weighted by molar-refractivity contribution is 5.87. The Morgan fingerprint density at radius 3 is 2.63 bits per heavy atom. The molecule has 0 saturated heterocycles. The van der Waals surface area contributed by atoms with Crippen molar-refractivity contribution >= 4 is 22.8 Å². The SMILES string of the molecule is COc1ccc2c(CC(=O)NCC3CCC(C(=O)[O-])CC3)cc(=O)oc2c1. The summed E-state index contributed by atoms with van der Waals surface area (Å²) in [5.41, 5.74) is 0.464. The highest BCUT2D eigenvalue weighted by Crippen LogP contribution is 2.28. The van der Waals surface area contributed by atoms with E-state index in [2.05, 4.69) is 5.32 Å². The van der Waals surface area contributed by atoms with E-state index in [0.29, 0.717) is 41.7 Å². The average Bonchev–Trinajstić information content (AvgIpc) is 2.66. The van der Waals surface area contributed by atoms with Crippen LogP contribution in [0.2, 0.25) is 0 Å². The number of hydrogen-bond donors (Lipinski definition) is 1. The molecule has 27 heavy (non-hydrogen) atoms. The molecule has 0 atom stereocenters. The first-order chi connectivity index (χ1) is 13.0. The minimum Gasteiger partial charge on any atom is -0.550 e. The van der Waals surface area contributed by atoms with Crippen LogP contribution in [-0.2, 0) is 16.0 Å². The van der Waals surface area contributed by atoms with Gasteiger partial charge in [-0.1, -0.05) is 0 Å². The molecule has 1 fully saturated rings. The number of hydrogen-bond acceptors (Lipinski definition) is 6. The van der Waals surface area contributed by atoms with Crippen molar-refractivity contribution in [3.8, 4) is 5.75 Å². The van der Waals surface area contributed by atoms with Crippen LogP contribution in [0.15, 0.2) is 33.5 Å². The van der Waals surface area contributed by atoms with E-state index < -0.39 is 11.6 Å².